The summed E-state index contributed by atoms with van der Waals surface area (Å²) in [6, 6.07) is 8.08. The highest BCUT2D eigenvalue weighted by molar-refractivity contribution is 9.10. The van der Waals surface area contributed by atoms with E-state index in [-0.39, 0.29) is 0 Å². The largest absolute Gasteiger partial charge is 0.367 e. The third kappa shape index (κ3) is 2.44. The second-order valence-corrected chi connectivity index (χ2v) is 6.19. The Bertz CT molecular complexity index is 671. The van der Waals surface area contributed by atoms with Crippen molar-refractivity contribution in [3.05, 3.63) is 45.7 Å². The van der Waals surface area contributed by atoms with Gasteiger partial charge in [-0.05, 0) is 46.5 Å². The van der Waals surface area contributed by atoms with Crippen molar-refractivity contribution in [2.75, 3.05) is 11.4 Å². The molecule has 102 valence electrons. The van der Waals surface area contributed by atoms with Crippen LogP contribution in [0.1, 0.15) is 23.7 Å². The van der Waals surface area contributed by atoms with Crippen LogP contribution in [0.2, 0.25) is 0 Å². The van der Waals surface area contributed by atoms with Crippen molar-refractivity contribution >= 4 is 21.6 Å². The number of hydrogen-bond acceptors (Lipinski definition) is 3. The lowest BCUT2D eigenvalue weighted by Gasteiger charge is -2.25. The number of nitriles is 1. The zero-order valence-electron chi connectivity index (χ0n) is 11.2. The molecule has 4 nitrogen and oxygen atoms in total. The first kappa shape index (κ1) is 13.2. The van der Waals surface area contributed by atoms with Crippen molar-refractivity contribution in [2.45, 2.75) is 19.9 Å². The van der Waals surface area contributed by atoms with Gasteiger partial charge in [-0.2, -0.15) is 10.4 Å². The Labute approximate surface area is 126 Å². The number of rotatable bonds is 1. The van der Waals surface area contributed by atoms with Crippen LogP contribution < -0.4 is 4.90 Å². The quantitative estimate of drug-likeness (QED) is 0.873. The molecule has 2 heterocycles. The van der Waals surface area contributed by atoms with Gasteiger partial charge >= 0.3 is 0 Å². The zero-order valence-corrected chi connectivity index (χ0v) is 12.8. The highest BCUT2D eigenvalue weighted by Crippen LogP contribution is 2.28. The average Bonchev–Trinajstić information content (AvgIpc) is 2.78. The van der Waals surface area contributed by atoms with Gasteiger partial charge in [0.05, 0.1) is 11.8 Å². The number of fused-ring (bicyclic) bond motifs is 1. The Morgan fingerprint density at radius 1 is 1.50 bits per heavy atom. The number of H-pyrrole nitrogens is 1. The number of benzene rings is 1. The fourth-order valence-corrected chi connectivity index (χ4v) is 3.15. The fourth-order valence-electron chi connectivity index (χ4n) is 2.70. The summed E-state index contributed by atoms with van der Waals surface area (Å²) in [7, 11) is 0. The molecule has 1 N–H and O–H groups in total. The summed E-state index contributed by atoms with van der Waals surface area (Å²) in [5.41, 5.74) is 4.31. The Hall–Kier alpha value is -1.80. The normalized spacial score (nSPS) is 18.2. The summed E-state index contributed by atoms with van der Waals surface area (Å²) >= 11 is 3.47. The molecule has 1 aliphatic rings. The molecule has 5 heteroatoms. The molecule has 1 aliphatic heterocycles. The van der Waals surface area contributed by atoms with Gasteiger partial charge in [-0.15, -0.1) is 0 Å². The maximum atomic E-state index is 9.00. The van der Waals surface area contributed by atoms with Gasteiger partial charge in [0.1, 0.15) is 6.07 Å². The summed E-state index contributed by atoms with van der Waals surface area (Å²) in [5.74, 6) is 0.561. The SMILES string of the molecule is CC1Cc2[nH]ncc2CN(c2ccc(C#N)c(Br)c2)C1. The maximum absolute atomic E-state index is 9.00. The number of nitrogens with one attached hydrogen (secondary N) is 1. The van der Waals surface area contributed by atoms with E-state index in [1.807, 2.05) is 24.4 Å². The summed E-state index contributed by atoms with van der Waals surface area (Å²) in [4.78, 5) is 2.35. The van der Waals surface area contributed by atoms with Gasteiger partial charge in [0, 0.05) is 34.5 Å². The molecule has 1 unspecified atom stereocenters. The van der Waals surface area contributed by atoms with E-state index in [0.717, 1.165) is 29.7 Å². The van der Waals surface area contributed by atoms with Crippen LogP contribution in [-0.2, 0) is 13.0 Å². The van der Waals surface area contributed by atoms with Gasteiger partial charge < -0.3 is 4.90 Å². The number of hydrogen-bond donors (Lipinski definition) is 1. The predicted octanol–water partition coefficient (Wildman–Crippen LogP) is 3.24. The van der Waals surface area contributed by atoms with Crippen LogP contribution >= 0.6 is 15.9 Å². The molecule has 0 bridgehead atoms. The Morgan fingerprint density at radius 2 is 2.35 bits per heavy atom. The molecule has 2 aromatic rings. The first-order valence-corrected chi connectivity index (χ1v) is 7.42. The van der Waals surface area contributed by atoms with Crippen LogP contribution in [0.5, 0.6) is 0 Å². The monoisotopic (exact) mass is 330 g/mol. The Balaban J connectivity index is 1.94. The summed E-state index contributed by atoms with van der Waals surface area (Å²) in [6.07, 6.45) is 2.95. The van der Waals surface area contributed by atoms with Crippen molar-refractivity contribution in [1.82, 2.24) is 10.2 Å². The molecule has 0 saturated heterocycles. The van der Waals surface area contributed by atoms with Crippen LogP contribution in [0.15, 0.2) is 28.9 Å². The zero-order chi connectivity index (χ0) is 14.1. The Kier molecular flexibility index (Phi) is 3.49. The molecule has 20 heavy (non-hydrogen) atoms. The molecule has 0 radical (unpaired) electrons. The predicted molar refractivity (Wildman–Crippen MR) is 81.4 cm³/mol. The van der Waals surface area contributed by atoms with Gasteiger partial charge in [0.2, 0.25) is 0 Å². The molecular weight excluding hydrogens is 316 g/mol. The van der Waals surface area contributed by atoms with Crippen LogP contribution in [0, 0.1) is 17.2 Å². The second-order valence-electron chi connectivity index (χ2n) is 5.34. The molecule has 3 rings (SSSR count). The molecule has 0 aliphatic carbocycles. The number of nitrogens with zero attached hydrogens (tertiary/aromatic N) is 3. The minimum atomic E-state index is 0.561. The molecular formula is C15H15BrN4. The van der Waals surface area contributed by atoms with Crippen molar-refractivity contribution in [1.29, 1.82) is 5.26 Å². The van der Waals surface area contributed by atoms with E-state index in [1.165, 1.54) is 11.3 Å². The van der Waals surface area contributed by atoms with Gasteiger partial charge in [-0.3, -0.25) is 5.10 Å². The summed E-state index contributed by atoms with van der Waals surface area (Å²) in [5, 5.41) is 16.3. The molecule has 0 spiro atoms. The molecule has 1 aromatic carbocycles. The lowest BCUT2D eigenvalue weighted by molar-refractivity contribution is 0.568. The molecule has 1 atom stereocenters. The first-order valence-electron chi connectivity index (χ1n) is 6.63. The number of aromatic amines is 1. The smallest absolute Gasteiger partial charge is 0.100 e. The van der Waals surface area contributed by atoms with Crippen molar-refractivity contribution in [2.24, 2.45) is 5.92 Å². The van der Waals surface area contributed by atoms with Gasteiger partial charge in [-0.1, -0.05) is 6.92 Å². The summed E-state index contributed by atoms with van der Waals surface area (Å²) < 4.78 is 0.849. The van der Waals surface area contributed by atoms with Gasteiger partial charge in [0.15, 0.2) is 0 Å². The highest BCUT2D eigenvalue weighted by atomic mass is 79.9. The van der Waals surface area contributed by atoms with E-state index in [1.54, 1.807) is 0 Å². The lowest BCUT2D eigenvalue weighted by Crippen LogP contribution is -2.26. The van der Waals surface area contributed by atoms with Crippen molar-refractivity contribution in [3.8, 4) is 6.07 Å². The molecule has 1 aromatic heterocycles. The number of halogens is 1. The van der Waals surface area contributed by atoms with E-state index in [0.29, 0.717) is 11.5 Å². The Morgan fingerprint density at radius 3 is 3.10 bits per heavy atom. The first-order chi connectivity index (χ1) is 9.67. The fraction of sp³-hybridized carbons (Fsp3) is 0.333. The topological polar surface area (TPSA) is 55.7 Å². The third-order valence-corrected chi connectivity index (χ3v) is 4.35. The van der Waals surface area contributed by atoms with E-state index < -0.39 is 0 Å². The van der Waals surface area contributed by atoms with Gasteiger partial charge in [-0.25, -0.2) is 0 Å². The summed E-state index contributed by atoms with van der Waals surface area (Å²) in [6.45, 7) is 4.11. The van der Waals surface area contributed by atoms with Crippen LogP contribution in [0.3, 0.4) is 0 Å². The van der Waals surface area contributed by atoms with E-state index in [2.05, 4.69) is 44.0 Å². The molecule has 0 fully saturated rings. The lowest BCUT2D eigenvalue weighted by atomic mass is 10.1. The third-order valence-electron chi connectivity index (χ3n) is 3.69. The maximum Gasteiger partial charge on any atom is 0.100 e. The second kappa shape index (κ2) is 5.29. The average molecular weight is 331 g/mol. The van der Waals surface area contributed by atoms with Crippen LogP contribution in [-0.4, -0.2) is 16.7 Å². The highest BCUT2D eigenvalue weighted by Gasteiger charge is 2.21. The van der Waals surface area contributed by atoms with Gasteiger partial charge in [0.25, 0.3) is 0 Å². The van der Waals surface area contributed by atoms with Crippen molar-refractivity contribution < 1.29 is 0 Å². The van der Waals surface area contributed by atoms with E-state index in [4.69, 9.17) is 5.26 Å². The van der Waals surface area contributed by atoms with Crippen LogP contribution in [0.25, 0.3) is 0 Å². The minimum absolute atomic E-state index is 0.561. The van der Waals surface area contributed by atoms with Crippen molar-refractivity contribution in [3.63, 3.8) is 0 Å². The standard InChI is InChI=1S/C15H15BrN4/c1-10-4-15-12(7-18-19-15)9-20(8-10)13-3-2-11(6-17)14(16)5-13/h2-3,5,7,10H,4,8-9H2,1H3,(H,18,19). The molecule has 0 saturated carbocycles. The molecule has 0 amide bonds. The number of anilines is 1. The van der Waals surface area contributed by atoms with E-state index in [9.17, 15) is 0 Å². The number of aromatic nitrogens is 2. The van der Waals surface area contributed by atoms with Crippen LogP contribution in [0.4, 0.5) is 5.69 Å². The van der Waals surface area contributed by atoms with E-state index >= 15 is 0 Å². The minimum Gasteiger partial charge on any atom is -0.367 e.